The normalized spacial score (nSPS) is 10.8. The van der Waals surface area contributed by atoms with E-state index in [0.717, 1.165) is 11.3 Å². The molecular weight excluding hydrogens is 320 g/mol. The van der Waals surface area contributed by atoms with Crippen LogP contribution in [0.2, 0.25) is 0 Å². The number of ether oxygens (including phenoxy) is 1. The number of aromatic nitrogens is 2. The Morgan fingerprint density at radius 3 is 2.72 bits per heavy atom. The van der Waals surface area contributed by atoms with Crippen LogP contribution in [0.3, 0.4) is 0 Å². The quantitative estimate of drug-likeness (QED) is 0.743. The number of fused-ring (bicyclic) bond motifs is 1. The second kappa shape index (κ2) is 6.39. The number of pyridine rings is 1. The van der Waals surface area contributed by atoms with Gasteiger partial charge in [0.2, 0.25) is 0 Å². The molecule has 0 saturated heterocycles. The van der Waals surface area contributed by atoms with Crippen LogP contribution < -0.4 is 5.56 Å². The zero-order valence-electron chi connectivity index (χ0n) is 14.2. The first-order valence-corrected chi connectivity index (χ1v) is 7.83. The molecule has 0 aliphatic heterocycles. The molecule has 128 valence electrons. The lowest BCUT2D eigenvalue weighted by Crippen LogP contribution is -2.18. The van der Waals surface area contributed by atoms with Crippen molar-refractivity contribution in [2.45, 2.75) is 27.4 Å². The number of esters is 1. The Balaban J connectivity index is 1.85. The van der Waals surface area contributed by atoms with E-state index in [1.165, 1.54) is 16.5 Å². The van der Waals surface area contributed by atoms with Crippen molar-refractivity contribution >= 4 is 11.6 Å². The predicted octanol–water partition coefficient (Wildman–Crippen LogP) is 2.68. The molecule has 0 bridgehead atoms. The second-order valence-corrected chi connectivity index (χ2v) is 5.93. The van der Waals surface area contributed by atoms with Gasteiger partial charge in [0.05, 0.1) is 5.69 Å². The second-order valence-electron chi connectivity index (χ2n) is 5.93. The van der Waals surface area contributed by atoms with Gasteiger partial charge in [0.1, 0.15) is 23.6 Å². The number of rotatable bonds is 3. The Kier molecular flexibility index (Phi) is 4.27. The van der Waals surface area contributed by atoms with E-state index < -0.39 is 5.97 Å². The lowest BCUT2D eigenvalue weighted by Gasteiger charge is -2.10. The molecule has 1 N–H and O–H groups in total. The van der Waals surface area contributed by atoms with Crippen molar-refractivity contribution in [1.29, 1.82) is 0 Å². The molecule has 2 heterocycles. The lowest BCUT2D eigenvalue weighted by atomic mass is 10.0. The van der Waals surface area contributed by atoms with E-state index in [1.807, 2.05) is 19.9 Å². The Morgan fingerprint density at radius 2 is 1.96 bits per heavy atom. The zero-order valence-corrected chi connectivity index (χ0v) is 14.2. The minimum Gasteiger partial charge on any atom is -0.507 e. The number of nitrogens with zero attached hydrogens (tertiary/aromatic N) is 2. The van der Waals surface area contributed by atoms with Crippen molar-refractivity contribution in [3.05, 3.63) is 74.8 Å². The summed E-state index contributed by atoms with van der Waals surface area (Å²) < 4.78 is 6.70. The maximum absolute atomic E-state index is 12.2. The van der Waals surface area contributed by atoms with Gasteiger partial charge < -0.3 is 9.84 Å². The molecule has 0 fully saturated rings. The lowest BCUT2D eigenvalue weighted by molar-refractivity contribution is 0.0464. The van der Waals surface area contributed by atoms with Gasteiger partial charge in [-0.15, -0.1) is 0 Å². The molecule has 0 saturated carbocycles. The van der Waals surface area contributed by atoms with Gasteiger partial charge in [0.25, 0.3) is 5.56 Å². The molecule has 3 rings (SSSR count). The van der Waals surface area contributed by atoms with Crippen LogP contribution in [0.25, 0.3) is 5.65 Å². The van der Waals surface area contributed by atoms with E-state index in [1.54, 1.807) is 25.1 Å². The summed E-state index contributed by atoms with van der Waals surface area (Å²) in [5.41, 5.74) is 3.00. The van der Waals surface area contributed by atoms with Gasteiger partial charge in [-0.25, -0.2) is 9.78 Å². The number of carbonyl (C=O) groups is 1. The molecule has 3 aromatic rings. The van der Waals surface area contributed by atoms with E-state index in [9.17, 15) is 14.7 Å². The smallest absolute Gasteiger partial charge is 0.342 e. The summed E-state index contributed by atoms with van der Waals surface area (Å²) in [6, 6.07) is 9.95. The molecule has 0 aliphatic carbocycles. The molecule has 0 aliphatic rings. The van der Waals surface area contributed by atoms with Crippen LogP contribution >= 0.6 is 0 Å². The molecule has 1 aromatic carbocycles. The Hall–Kier alpha value is -3.15. The summed E-state index contributed by atoms with van der Waals surface area (Å²) in [7, 11) is 0. The monoisotopic (exact) mass is 338 g/mol. The van der Waals surface area contributed by atoms with E-state index in [2.05, 4.69) is 4.98 Å². The number of benzene rings is 1. The number of hydrogen-bond acceptors (Lipinski definition) is 5. The minimum absolute atomic E-state index is 0.0906. The SMILES string of the molecule is Cc1ccc(C(=O)OCc2cc(=O)n3c(C)cccc3n2)c(O)c1C. The summed E-state index contributed by atoms with van der Waals surface area (Å²) in [6.45, 7) is 5.25. The third kappa shape index (κ3) is 3.10. The van der Waals surface area contributed by atoms with E-state index >= 15 is 0 Å². The van der Waals surface area contributed by atoms with Gasteiger partial charge in [0.15, 0.2) is 0 Å². The molecule has 0 spiro atoms. The van der Waals surface area contributed by atoms with E-state index in [0.29, 0.717) is 16.9 Å². The summed E-state index contributed by atoms with van der Waals surface area (Å²) in [5, 5.41) is 10.1. The van der Waals surface area contributed by atoms with E-state index in [-0.39, 0.29) is 23.5 Å². The molecule has 0 radical (unpaired) electrons. The number of hydrogen-bond donors (Lipinski definition) is 1. The fourth-order valence-electron chi connectivity index (χ4n) is 2.62. The number of carbonyl (C=O) groups excluding carboxylic acids is 1. The highest BCUT2D eigenvalue weighted by Gasteiger charge is 2.16. The standard InChI is InChI=1S/C19H18N2O4/c1-11-7-8-15(18(23)13(11)3)19(24)25-10-14-9-17(22)21-12(2)5-4-6-16(21)20-14/h4-9,23H,10H2,1-3H3. The molecule has 25 heavy (non-hydrogen) atoms. The summed E-state index contributed by atoms with van der Waals surface area (Å²) in [4.78, 5) is 28.8. The third-order valence-electron chi connectivity index (χ3n) is 4.21. The highest BCUT2D eigenvalue weighted by atomic mass is 16.5. The van der Waals surface area contributed by atoms with Crippen molar-refractivity contribution in [3.63, 3.8) is 0 Å². The number of aromatic hydroxyl groups is 1. The van der Waals surface area contributed by atoms with Crippen molar-refractivity contribution in [2.24, 2.45) is 0 Å². The number of phenolic OH excluding ortho intramolecular Hbond substituents is 1. The van der Waals surface area contributed by atoms with Crippen molar-refractivity contribution in [1.82, 2.24) is 9.38 Å². The van der Waals surface area contributed by atoms with Crippen LogP contribution in [-0.2, 0) is 11.3 Å². The first-order chi connectivity index (χ1) is 11.9. The van der Waals surface area contributed by atoms with Gasteiger partial charge >= 0.3 is 5.97 Å². The van der Waals surface area contributed by atoms with Crippen LogP contribution in [0.4, 0.5) is 0 Å². The van der Waals surface area contributed by atoms with Crippen molar-refractivity contribution < 1.29 is 14.6 Å². The molecule has 0 atom stereocenters. The average molecular weight is 338 g/mol. The highest BCUT2D eigenvalue weighted by Crippen LogP contribution is 2.25. The fourth-order valence-corrected chi connectivity index (χ4v) is 2.62. The van der Waals surface area contributed by atoms with Crippen LogP contribution in [0.5, 0.6) is 5.75 Å². The molecule has 0 amide bonds. The largest absolute Gasteiger partial charge is 0.507 e. The Bertz CT molecular complexity index is 1040. The van der Waals surface area contributed by atoms with Crippen LogP contribution in [0.1, 0.15) is 32.9 Å². The average Bonchev–Trinajstić information content (AvgIpc) is 2.57. The highest BCUT2D eigenvalue weighted by molar-refractivity contribution is 5.93. The summed E-state index contributed by atoms with van der Waals surface area (Å²) >= 11 is 0. The zero-order chi connectivity index (χ0) is 18.1. The van der Waals surface area contributed by atoms with Gasteiger partial charge in [0, 0.05) is 11.8 Å². The molecular formula is C19H18N2O4. The molecule has 6 heteroatoms. The summed E-state index contributed by atoms with van der Waals surface area (Å²) in [6.07, 6.45) is 0. The van der Waals surface area contributed by atoms with Crippen LogP contribution in [0.15, 0.2) is 41.2 Å². The fraction of sp³-hybridized carbons (Fsp3) is 0.211. The Labute approximate surface area is 144 Å². The van der Waals surface area contributed by atoms with Crippen molar-refractivity contribution in [3.8, 4) is 5.75 Å². The third-order valence-corrected chi connectivity index (χ3v) is 4.21. The summed E-state index contributed by atoms with van der Waals surface area (Å²) in [5.74, 6) is -0.751. The van der Waals surface area contributed by atoms with Gasteiger partial charge in [-0.05, 0) is 50.1 Å². The first kappa shape index (κ1) is 16.7. The van der Waals surface area contributed by atoms with Gasteiger partial charge in [-0.3, -0.25) is 9.20 Å². The van der Waals surface area contributed by atoms with Gasteiger partial charge in [-0.1, -0.05) is 12.1 Å². The number of phenols is 1. The molecule has 6 nitrogen and oxygen atoms in total. The maximum atomic E-state index is 12.2. The van der Waals surface area contributed by atoms with Gasteiger partial charge in [-0.2, -0.15) is 0 Å². The maximum Gasteiger partial charge on any atom is 0.342 e. The Morgan fingerprint density at radius 1 is 1.20 bits per heavy atom. The predicted molar refractivity (Wildman–Crippen MR) is 92.9 cm³/mol. The first-order valence-electron chi connectivity index (χ1n) is 7.83. The molecule has 2 aromatic heterocycles. The molecule has 0 unspecified atom stereocenters. The van der Waals surface area contributed by atoms with E-state index in [4.69, 9.17) is 4.74 Å². The van der Waals surface area contributed by atoms with Crippen molar-refractivity contribution in [2.75, 3.05) is 0 Å². The topological polar surface area (TPSA) is 80.9 Å². The van der Waals surface area contributed by atoms with Crippen LogP contribution in [0, 0.1) is 20.8 Å². The van der Waals surface area contributed by atoms with Crippen LogP contribution in [-0.4, -0.2) is 20.5 Å². The minimum atomic E-state index is -0.660. The number of aryl methyl sites for hydroxylation is 2.